The van der Waals surface area contributed by atoms with Crippen molar-refractivity contribution in [1.29, 1.82) is 0 Å². The van der Waals surface area contributed by atoms with Gasteiger partial charge in [-0.25, -0.2) is 9.38 Å². The first-order valence-electron chi connectivity index (χ1n) is 9.06. The van der Waals surface area contributed by atoms with E-state index in [1.165, 1.54) is 0 Å². The van der Waals surface area contributed by atoms with E-state index in [-0.39, 0.29) is 5.82 Å². The predicted molar refractivity (Wildman–Crippen MR) is 104 cm³/mol. The Labute approximate surface area is 150 Å². The average molecular weight is 347 g/mol. The minimum atomic E-state index is -0.165. The van der Waals surface area contributed by atoms with Gasteiger partial charge in [-0.2, -0.15) is 0 Å². The van der Waals surface area contributed by atoms with Gasteiger partial charge in [0.25, 0.3) is 0 Å². The number of piperazine rings is 1. The maximum absolute atomic E-state index is 14.5. The van der Waals surface area contributed by atoms with Crippen molar-refractivity contribution in [2.45, 2.75) is 20.4 Å². The number of anilines is 1. The molecule has 138 valence electrons. The number of aliphatic imine (C=N–C) groups is 1. The highest BCUT2D eigenvalue weighted by atomic mass is 19.1. The van der Waals surface area contributed by atoms with E-state index >= 15 is 0 Å². The van der Waals surface area contributed by atoms with Crippen molar-refractivity contribution in [3.05, 3.63) is 42.2 Å². The van der Waals surface area contributed by atoms with Crippen LogP contribution in [0.5, 0.6) is 0 Å². The number of hydrogen-bond acceptors (Lipinski definition) is 3. The summed E-state index contributed by atoms with van der Waals surface area (Å²) in [6.07, 6.45) is 1.78. The fourth-order valence-electron chi connectivity index (χ4n) is 2.89. The molecule has 1 aliphatic heterocycles. The zero-order valence-electron chi connectivity index (χ0n) is 15.4. The molecule has 2 rings (SSSR count). The van der Waals surface area contributed by atoms with Crippen LogP contribution in [0.2, 0.25) is 0 Å². The Morgan fingerprint density at radius 1 is 1.24 bits per heavy atom. The lowest BCUT2D eigenvalue weighted by atomic mass is 10.1. The number of guanidine groups is 1. The predicted octanol–water partition coefficient (Wildman–Crippen LogP) is 2.21. The highest BCUT2D eigenvalue weighted by molar-refractivity contribution is 5.79. The molecule has 1 heterocycles. The van der Waals surface area contributed by atoms with Crippen molar-refractivity contribution in [3.8, 4) is 0 Å². The van der Waals surface area contributed by atoms with E-state index in [2.05, 4.69) is 38.9 Å². The third-order valence-electron chi connectivity index (χ3n) is 4.35. The molecule has 0 atom stereocenters. The molecular formula is C19H30FN5. The minimum absolute atomic E-state index is 0.165. The van der Waals surface area contributed by atoms with Gasteiger partial charge in [-0.3, -0.25) is 0 Å². The van der Waals surface area contributed by atoms with Gasteiger partial charge in [0.2, 0.25) is 0 Å². The Hall–Kier alpha value is -2.08. The molecule has 1 fully saturated rings. The molecule has 0 spiro atoms. The lowest BCUT2D eigenvalue weighted by Crippen LogP contribution is -2.46. The summed E-state index contributed by atoms with van der Waals surface area (Å²) >= 11 is 0. The number of rotatable bonds is 7. The molecule has 5 nitrogen and oxygen atoms in total. The van der Waals surface area contributed by atoms with Gasteiger partial charge >= 0.3 is 0 Å². The van der Waals surface area contributed by atoms with Gasteiger partial charge in [0.1, 0.15) is 5.82 Å². The van der Waals surface area contributed by atoms with E-state index in [4.69, 9.17) is 0 Å². The summed E-state index contributed by atoms with van der Waals surface area (Å²) in [5.74, 6) is 0.546. The highest BCUT2D eigenvalue weighted by Gasteiger charge is 2.18. The van der Waals surface area contributed by atoms with Crippen LogP contribution < -0.4 is 15.5 Å². The van der Waals surface area contributed by atoms with E-state index in [0.717, 1.165) is 44.8 Å². The molecule has 0 saturated carbocycles. The van der Waals surface area contributed by atoms with Crippen molar-refractivity contribution in [2.24, 2.45) is 4.99 Å². The average Bonchev–Trinajstić information content (AvgIpc) is 2.64. The van der Waals surface area contributed by atoms with Crippen LogP contribution in [0.25, 0.3) is 0 Å². The van der Waals surface area contributed by atoms with Crippen LogP contribution >= 0.6 is 0 Å². The second-order valence-corrected chi connectivity index (χ2v) is 6.07. The molecular weight excluding hydrogens is 317 g/mol. The van der Waals surface area contributed by atoms with Crippen LogP contribution in [0, 0.1) is 5.82 Å². The molecule has 0 amide bonds. The van der Waals surface area contributed by atoms with E-state index in [9.17, 15) is 4.39 Å². The summed E-state index contributed by atoms with van der Waals surface area (Å²) in [7, 11) is 0. The monoisotopic (exact) mass is 347 g/mol. The smallest absolute Gasteiger partial charge is 0.191 e. The van der Waals surface area contributed by atoms with E-state index in [1.807, 2.05) is 19.1 Å². The van der Waals surface area contributed by atoms with Crippen LogP contribution in [0.15, 0.2) is 35.8 Å². The number of nitrogens with one attached hydrogen (secondary N) is 2. The second kappa shape index (κ2) is 10.0. The zero-order chi connectivity index (χ0) is 18.1. The molecule has 2 N–H and O–H groups in total. The summed E-state index contributed by atoms with van der Waals surface area (Å²) in [6.45, 7) is 14.5. The summed E-state index contributed by atoms with van der Waals surface area (Å²) in [4.78, 5) is 9.00. The molecule has 1 aliphatic rings. The topological polar surface area (TPSA) is 42.9 Å². The summed E-state index contributed by atoms with van der Waals surface area (Å²) < 4.78 is 14.5. The largest absolute Gasteiger partial charge is 0.367 e. The Balaban J connectivity index is 1.99. The lowest BCUT2D eigenvalue weighted by molar-refractivity contribution is 0.270. The summed E-state index contributed by atoms with van der Waals surface area (Å²) in [6, 6.07) is 5.44. The van der Waals surface area contributed by atoms with Crippen LogP contribution in [0.1, 0.15) is 19.4 Å². The standard InChI is InChI=1S/C19H30FN5/c1-4-9-22-19(21-5-2)23-15-16-7-8-18(17(20)14-16)25-12-10-24(6-3)11-13-25/h4,7-8,14H,1,5-6,9-13,15H2,2-3H3,(H2,21,22,23). The van der Waals surface area contributed by atoms with Crippen molar-refractivity contribution in [1.82, 2.24) is 15.5 Å². The van der Waals surface area contributed by atoms with Gasteiger partial charge in [-0.1, -0.05) is 19.1 Å². The Bertz CT molecular complexity index is 579. The number of nitrogens with zero attached hydrogens (tertiary/aromatic N) is 3. The summed E-state index contributed by atoms with van der Waals surface area (Å²) in [5, 5.41) is 6.30. The van der Waals surface area contributed by atoms with Crippen LogP contribution in [-0.4, -0.2) is 56.7 Å². The summed E-state index contributed by atoms with van der Waals surface area (Å²) in [5.41, 5.74) is 1.56. The van der Waals surface area contributed by atoms with Gasteiger partial charge in [-0.15, -0.1) is 6.58 Å². The molecule has 25 heavy (non-hydrogen) atoms. The Morgan fingerprint density at radius 3 is 2.60 bits per heavy atom. The van der Waals surface area contributed by atoms with Crippen molar-refractivity contribution < 1.29 is 4.39 Å². The number of benzene rings is 1. The van der Waals surface area contributed by atoms with Gasteiger partial charge in [-0.05, 0) is 31.2 Å². The first-order valence-corrected chi connectivity index (χ1v) is 9.06. The molecule has 0 radical (unpaired) electrons. The van der Waals surface area contributed by atoms with Crippen LogP contribution in [0.3, 0.4) is 0 Å². The van der Waals surface area contributed by atoms with Gasteiger partial charge < -0.3 is 20.4 Å². The van der Waals surface area contributed by atoms with Crippen molar-refractivity contribution in [3.63, 3.8) is 0 Å². The van der Waals surface area contributed by atoms with E-state index < -0.39 is 0 Å². The zero-order valence-corrected chi connectivity index (χ0v) is 15.4. The third kappa shape index (κ3) is 5.74. The first-order chi connectivity index (χ1) is 12.2. The molecule has 6 heteroatoms. The molecule has 1 aromatic rings. The Kier molecular flexibility index (Phi) is 7.73. The van der Waals surface area contributed by atoms with Crippen molar-refractivity contribution >= 4 is 11.6 Å². The highest BCUT2D eigenvalue weighted by Crippen LogP contribution is 2.22. The second-order valence-electron chi connectivity index (χ2n) is 6.07. The van der Waals surface area contributed by atoms with Gasteiger partial charge in [0.05, 0.1) is 12.2 Å². The fourth-order valence-corrected chi connectivity index (χ4v) is 2.89. The Morgan fingerprint density at radius 2 is 2.00 bits per heavy atom. The van der Waals surface area contributed by atoms with E-state index in [0.29, 0.717) is 24.7 Å². The third-order valence-corrected chi connectivity index (χ3v) is 4.35. The lowest BCUT2D eigenvalue weighted by Gasteiger charge is -2.35. The molecule has 0 aliphatic carbocycles. The number of halogens is 1. The molecule has 1 saturated heterocycles. The maximum atomic E-state index is 14.5. The first kappa shape index (κ1) is 19.2. The number of likely N-dealkylation sites (N-methyl/N-ethyl adjacent to an activating group) is 1. The molecule has 0 aromatic heterocycles. The van der Waals surface area contributed by atoms with Gasteiger partial charge in [0.15, 0.2) is 5.96 Å². The van der Waals surface area contributed by atoms with Crippen LogP contribution in [-0.2, 0) is 6.54 Å². The van der Waals surface area contributed by atoms with E-state index in [1.54, 1.807) is 12.1 Å². The van der Waals surface area contributed by atoms with Crippen LogP contribution in [0.4, 0.5) is 10.1 Å². The normalized spacial score (nSPS) is 16.0. The molecule has 1 aromatic carbocycles. The minimum Gasteiger partial charge on any atom is -0.367 e. The fraction of sp³-hybridized carbons (Fsp3) is 0.526. The van der Waals surface area contributed by atoms with Gasteiger partial charge in [0, 0.05) is 39.3 Å². The SMILES string of the molecule is C=CCNC(=NCc1ccc(N2CCN(CC)CC2)c(F)c1)NCC. The molecule has 0 bridgehead atoms. The quantitative estimate of drug-likeness (QED) is 0.451. The number of hydrogen-bond donors (Lipinski definition) is 2. The maximum Gasteiger partial charge on any atom is 0.191 e. The van der Waals surface area contributed by atoms with Crippen molar-refractivity contribution in [2.75, 3.05) is 50.7 Å². The molecule has 0 unspecified atom stereocenters.